The zero-order valence-corrected chi connectivity index (χ0v) is 19.2. The van der Waals surface area contributed by atoms with E-state index in [4.69, 9.17) is 16.3 Å². The summed E-state index contributed by atoms with van der Waals surface area (Å²) in [5.74, 6) is 0.483. The van der Waals surface area contributed by atoms with E-state index in [1.165, 1.54) is 0 Å². The number of methoxy groups -OCH3 is 1. The van der Waals surface area contributed by atoms with Crippen LogP contribution in [-0.2, 0) is 4.79 Å². The maximum absolute atomic E-state index is 12.0. The third kappa shape index (κ3) is 5.23. The highest BCUT2D eigenvalue weighted by atomic mass is 79.9. The number of hydrogen-bond acceptors (Lipinski definition) is 4. The van der Waals surface area contributed by atoms with Crippen LogP contribution >= 0.6 is 27.5 Å². The fourth-order valence-electron chi connectivity index (χ4n) is 3.09. The molecule has 0 spiro atoms. The number of anilines is 1. The molecular weight excluding hydrogens is 468 g/mol. The molecule has 3 aromatic rings. The van der Waals surface area contributed by atoms with Gasteiger partial charge in [0.2, 0.25) is 0 Å². The molecule has 3 rings (SSSR count). The number of carbonyl (C=O) groups is 1. The molecule has 0 fully saturated rings. The van der Waals surface area contributed by atoms with Gasteiger partial charge < -0.3 is 14.6 Å². The van der Waals surface area contributed by atoms with Crippen molar-refractivity contribution in [2.45, 2.75) is 13.8 Å². The predicted molar refractivity (Wildman–Crippen MR) is 125 cm³/mol. The fourth-order valence-corrected chi connectivity index (χ4v) is 3.52. The Bertz CT molecular complexity index is 1080. The maximum atomic E-state index is 12.0. The Hall–Kier alpha value is -2.77. The first kappa shape index (κ1) is 21.9. The lowest BCUT2D eigenvalue weighted by atomic mass is 10.2. The van der Waals surface area contributed by atoms with Crippen LogP contribution in [0.4, 0.5) is 5.69 Å². The second-order valence-electron chi connectivity index (χ2n) is 6.63. The molecule has 0 saturated heterocycles. The number of nitrogens with zero attached hydrogens (tertiary/aromatic N) is 2. The molecule has 6 nitrogen and oxygen atoms in total. The zero-order chi connectivity index (χ0) is 21.7. The van der Waals surface area contributed by atoms with Gasteiger partial charge in [-0.05, 0) is 62.4 Å². The molecule has 0 saturated carbocycles. The van der Waals surface area contributed by atoms with Crippen LogP contribution in [0.25, 0.3) is 5.69 Å². The molecule has 156 valence electrons. The zero-order valence-electron chi connectivity index (χ0n) is 16.9. The van der Waals surface area contributed by atoms with E-state index in [0.29, 0.717) is 5.02 Å². The molecule has 0 atom stereocenters. The molecule has 1 heterocycles. The van der Waals surface area contributed by atoms with E-state index in [1.807, 2.05) is 60.9 Å². The number of aryl methyl sites for hydroxylation is 1. The van der Waals surface area contributed by atoms with Gasteiger partial charge in [0.1, 0.15) is 5.75 Å². The number of halogens is 2. The van der Waals surface area contributed by atoms with E-state index in [1.54, 1.807) is 19.4 Å². The average Bonchev–Trinajstić information content (AvgIpc) is 3.00. The standard InChI is InChI=1S/C22H22BrClN4O2/c1-14-10-16(15(2)28(14)20-11-18(24)6-9-21(20)30-3)12-26-27-22(29)13-25-19-7-4-17(23)5-8-19/h4-12,25H,13H2,1-3H3,(H,27,29)/b26-12-. The summed E-state index contributed by atoms with van der Waals surface area (Å²) in [4.78, 5) is 12.0. The van der Waals surface area contributed by atoms with Crippen molar-refractivity contribution < 1.29 is 9.53 Å². The molecule has 8 heteroatoms. The van der Waals surface area contributed by atoms with Crippen LogP contribution in [0.15, 0.2) is 58.1 Å². The van der Waals surface area contributed by atoms with E-state index in [2.05, 4.69) is 31.8 Å². The lowest BCUT2D eigenvalue weighted by Gasteiger charge is -2.14. The van der Waals surface area contributed by atoms with Crippen molar-refractivity contribution in [3.05, 3.63) is 75.0 Å². The lowest BCUT2D eigenvalue weighted by molar-refractivity contribution is -0.119. The van der Waals surface area contributed by atoms with Crippen LogP contribution < -0.4 is 15.5 Å². The van der Waals surface area contributed by atoms with Gasteiger partial charge in [0.15, 0.2) is 0 Å². The van der Waals surface area contributed by atoms with Gasteiger partial charge in [-0.3, -0.25) is 4.79 Å². The molecule has 0 bridgehead atoms. The van der Waals surface area contributed by atoms with Gasteiger partial charge in [-0.25, -0.2) is 5.43 Å². The van der Waals surface area contributed by atoms with Gasteiger partial charge in [0.05, 0.1) is 25.6 Å². The Balaban J connectivity index is 1.68. The van der Waals surface area contributed by atoms with Crippen molar-refractivity contribution in [1.82, 2.24) is 9.99 Å². The van der Waals surface area contributed by atoms with Crippen molar-refractivity contribution in [3.63, 3.8) is 0 Å². The van der Waals surface area contributed by atoms with Gasteiger partial charge in [-0.15, -0.1) is 0 Å². The topological polar surface area (TPSA) is 67.6 Å². The van der Waals surface area contributed by atoms with Gasteiger partial charge in [-0.2, -0.15) is 5.10 Å². The fraction of sp³-hybridized carbons (Fsp3) is 0.182. The first-order valence-corrected chi connectivity index (χ1v) is 10.4. The number of ether oxygens (including phenoxy) is 1. The van der Waals surface area contributed by atoms with Crippen molar-refractivity contribution >= 4 is 45.3 Å². The van der Waals surface area contributed by atoms with Crippen LogP contribution in [0.2, 0.25) is 5.02 Å². The SMILES string of the molecule is COc1ccc(Cl)cc1-n1c(C)cc(/C=N\NC(=O)CNc2ccc(Br)cc2)c1C. The normalized spacial score (nSPS) is 11.0. The van der Waals surface area contributed by atoms with Crippen molar-refractivity contribution in [2.24, 2.45) is 5.10 Å². The van der Waals surface area contributed by atoms with Crippen LogP contribution in [0.3, 0.4) is 0 Å². The summed E-state index contributed by atoms with van der Waals surface area (Å²) in [5.41, 5.74) is 7.09. The number of nitrogens with one attached hydrogen (secondary N) is 2. The largest absolute Gasteiger partial charge is 0.495 e. The number of benzene rings is 2. The Morgan fingerprint density at radius 2 is 1.93 bits per heavy atom. The number of amides is 1. The highest BCUT2D eigenvalue weighted by Crippen LogP contribution is 2.30. The second-order valence-corrected chi connectivity index (χ2v) is 7.98. The summed E-state index contributed by atoms with van der Waals surface area (Å²) < 4.78 is 8.50. The predicted octanol–water partition coefficient (Wildman–Crippen LogP) is 5.08. The van der Waals surface area contributed by atoms with Crippen molar-refractivity contribution in [1.29, 1.82) is 0 Å². The minimum absolute atomic E-state index is 0.123. The molecule has 1 amide bonds. The average molecular weight is 490 g/mol. The van der Waals surface area contributed by atoms with Gasteiger partial charge >= 0.3 is 0 Å². The van der Waals surface area contributed by atoms with E-state index in [9.17, 15) is 4.79 Å². The smallest absolute Gasteiger partial charge is 0.259 e. The summed E-state index contributed by atoms with van der Waals surface area (Å²) >= 11 is 9.56. The maximum Gasteiger partial charge on any atom is 0.259 e. The Morgan fingerprint density at radius 1 is 1.20 bits per heavy atom. The van der Waals surface area contributed by atoms with Crippen molar-refractivity contribution in [3.8, 4) is 11.4 Å². The number of aromatic nitrogens is 1. The molecule has 0 unspecified atom stereocenters. The molecule has 0 aliphatic carbocycles. The summed E-state index contributed by atoms with van der Waals surface area (Å²) in [6, 6.07) is 15.1. The van der Waals surface area contributed by atoms with Crippen LogP contribution in [0.1, 0.15) is 17.0 Å². The van der Waals surface area contributed by atoms with E-state index < -0.39 is 0 Å². The highest BCUT2D eigenvalue weighted by Gasteiger charge is 2.14. The Kier molecular flexibility index (Phi) is 7.18. The summed E-state index contributed by atoms with van der Waals surface area (Å²) in [6.07, 6.45) is 1.63. The molecule has 0 aliphatic heterocycles. The number of hydrogen-bond donors (Lipinski definition) is 2. The van der Waals surface area contributed by atoms with Gasteiger partial charge in [0.25, 0.3) is 5.91 Å². The number of hydrazone groups is 1. The quantitative estimate of drug-likeness (QED) is 0.359. The molecule has 0 aliphatic rings. The first-order valence-electron chi connectivity index (χ1n) is 9.23. The third-order valence-electron chi connectivity index (χ3n) is 4.54. The van der Waals surface area contributed by atoms with E-state index in [0.717, 1.165) is 38.5 Å². The summed E-state index contributed by atoms with van der Waals surface area (Å²) in [7, 11) is 1.63. The minimum Gasteiger partial charge on any atom is -0.495 e. The third-order valence-corrected chi connectivity index (χ3v) is 5.31. The number of carbonyl (C=O) groups excluding carboxylic acids is 1. The monoisotopic (exact) mass is 488 g/mol. The molecular formula is C22H22BrClN4O2. The lowest BCUT2D eigenvalue weighted by Crippen LogP contribution is -2.25. The van der Waals surface area contributed by atoms with Gasteiger partial charge in [-0.1, -0.05) is 27.5 Å². The van der Waals surface area contributed by atoms with Crippen LogP contribution in [0.5, 0.6) is 5.75 Å². The first-order chi connectivity index (χ1) is 14.4. The Morgan fingerprint density at radius 3 is 2.63 bits per heavy atom. The molecule has 30 heavy (non-hydrogen) atoms. The minimum atomic E-state index is -0.237. The van der Waals surface area contributed by atoms with Crippen LogP contribution in [-0.4, -0.2) is 30.3 Å². The van der Waals surface area contributed by atoms with Crippen LogP contribution in [0, 0.1) is 13.8 Å². The molecule has 1 aromatic heterocycles. The Labute approximate surface area is 189 Å². The van der Waals surface area contributed by atoms with E-state index >= 15 is 0 Å². The van der Waals surface area contributed by atoms with Gasteiger partial charge in [0, 0.05) is 32.1 Å². The molecule has 2 N–H and O–H groups in total. The second kappa shape index (κ2) is 9.82. The molecule has 2 aromatic carbocycles. The highest BCUT2D eigenvalue weighted by molar-refractivity contribution is 9.10. The summed E-state index contributed by atoms with van der Waals surface area (Å²) in [5, 5.41) is 7.77. The molecule has 0 radical (unpaired) electrons. The number of rotatable bonds is 7. The van der Waals surface area contributed by atoms with Crippen molar-refractivity contribution in [2.75, 3.05) is 19.0 Å². The van der Waals surface area contributed by atoms with E-state index in [-0.39, 0.29) is 12.5 Å². The summed E-state index contributed by atoms with van der Waals surface area (Å²) in [6.45, 7) is 4.09.